The summed E-state index contributed by atoms with van der Waals surface area (Å²) in [5.74, 6) is 5.76. The Kier molecular flexibility index (Phi) is 3.95. The highest BCUT2D eigenvalue weighted by Crippen LogP contribution is 2.22. The average Bonchev–Trinajstić information content (AvgIpc) is 2.53. The molecule has 3 N–H and O–H groups in total. The summed E-state index contributed by atoms with van der Waals surface area (Å²) in [4.78, 5) is 4.53. The summed E-state index contributed by atoms with van der Waals surface area (Å²) in [6.07, 6.45) is 0.863. The maximum absolute atomic E-state index is 5.76. The maximum atomic E-state index is 5.76. The Hall–Kier alpha value is -2.23. The lowest BCUT2D eigenvalue weighted by Gasteiger charge is -2.17. The van der Waals surface area contributed by atoms with E-state index < -0.39 is 0 Å². The fraction of sp³-hybridized carbons (Fsp3) is 0.167. The van der Waals surface area contributed by atoms with Crippen molar-refractivity contribution in [2.45, 2.75) is 19.4 Å². The van der Waals surface area contributed by atoms with Crippen molar-refractivity contribution >= 4 is 10.9 Å². The Bertz CT molecular complexity index is 738. The van der Waals surface area contributed by atoms with Crippen LogP contribution in [-0.4, -0.2) is 4.98 Å². The number of nitrogens with two attached hydrogens (primary N) is 1. The van der Waals surface area contributed by atoms with Crippen molar-refractivity contribution in [2.24, 2.45) is 5.84 Å². The van der Waals surface area contributed by atoms with Crippen molar-refractivity contribution in [2.75, 3.05) is 0 Å². The minimum absolute atomic E-state index is 0.0955. The van der Waals surface area contributed by atoms with Gasteiger partial charge < -0.3 is 0 Å². The first kappa shape index (κ1) is 13.7. The third-order valence-corrected chi connectivity index (χ3v) is 3.74. The molecule has 106 valence electrons. The highest BCUT2D eigenvalue weighted by molar-refractivity contribution is 5.79. The Morgan fingerprint density at radius 1 is 1.05 bits per heavy atom. The number of fused-ring (bicyclic) bond motifs is 1. The van der Waals surface area contributed by atoms with E-state index in [1.54, 1.807) is 0 Å². The molecular formula is C18H19N3. The summed E-state index contributed by atoms with van der Waals surface area (Å²) >= 11 is 0. The van der Waals surface area contributed by atoms with Gasteiger partial charge in [-0.2, -0.15) is 0 Å². The van der Waals surface area contributed by atoms with Crippen LogP contribution < -0.4 is 11.3 Å². The fourth-order valence-electron chi connectivity index (χ4n) is 2.59. The largest absolute Gasteiger partial charge is 0.271 e. The first-order valence-corrected chi connectivity index (χ1v) is 7.13. The number of rotatable bonds is 4. The highest BCUT2D eigenvalue weighted by atomic mass is 15.2. The predicted molar refractivity (Wildman–Crippen MR) is 86.7 cm³/mol. The minimum atomic E-state index is 0.0955. The van der Waals surface area contributed by atoms with Crippen molar-refractivity contribution in [3.05, 3.63) is 77.5 Å². The summed E-state index contributed by atoms with van der Waals surface area (Å²) < 4.78 is 0. The summed E-state index contributed by atoms with van der Waals surface area (Å²) in [7, 11) is 0. The van der Waals surface area contributed by atoms with Crippen LogP contribution in [0.1, 0.15) is 22.9 Å². The van der Waals surface area contributed by atoms with Gasteiger partial charge in [0.1, 0.15) is 0 Å². The van der Waals surface area contributed by atoms with Crippen LogP contribution in [-0.2, 0) is 6.42 Å². The zero-order valence-electron chi connectivity index (χ0n) is 12.1. The number of nitrogens with one attached hydrogen (secondary N) is 1. The van der Waals surface area contributed by atoms with Crippen LogP contribution >= 0.6 is 0 Å². The molecule has 1 atom stereocenters. The topological polar surface area (TPSA) is 50.9 Å². The van der Waals surface area contributed by atoms with E-state index in [-0.39, 0.29) is 6.04 Å². The number of hydrogen-bond donors (Lipinski definition) is 2. The van der Waals surface area contributed by atoms with Gasteiger partial charge in [-0.05, 0) is 42.7 Å². The van der Waals surface area contributed by atoms with Gasteiger partial charge in [-0.15, -0.1) is 0 Å². The van der Waals surface area contributed by atoms with E-state index in [9.17, 15) is 0 Å². The molecule has 21 heavy (non-hydrogen) atoms. The van der Waals surface area contributed by atoms with Crippen LogP contribution in [0.5, 0.6) is 0 Å². The summed E-state index contributed by atoms with van der Waals surface area (Å²) in [5.41, 5.74) is 7.43. The third kappa shape index (κ3) is 3.10. The maximum Gasteiger partial charge on any atom is 0.0705 e. The van der Waals surface area contributed by atoms with Crippen molar-refractivity contribution in [1.29, 1.82) is 0 Å². The zero-order chi connectivity index (χ0) is 14.7. The van der Waals surface area contributed by atoms with Gasteiger partial charge >= 0.3 is 0 Å². The molecule has 0 aliphatic heterocycles. The molecule has 0 amide bonds. The van der Waals surface area contributed by atoms with Crippen LogP contribution in [0, 0.1) is 6.92 Å². The fourth-order valence-corrected chi connectivity index (χ4v) is 2.59. The molecule has 3 heteroatoms. The smallest absolute Gasteiger partial charge is 0.0705 e. The monoisotopic (exact) mass is 277 g/mol. The lowest BCUT2D eigenvalue weighted by molar-refractivity contribution is 0.552. The number of benzene rings is 2. The van der Waals surface area contributed by atoms with Gasteiger partial charge in [-0.25, -0.2) is 0 Å². The molecule has 0 saturated heterocycles. The number of hydrogen-bond acceptors (Lipinski definition) is 3. The van der Waals surface area contributed by atoms with Gasteiger partial charge in [0, 0.05) is 11.1 Å². The van der Waals surface area contributed by atoms with E-state index in [2.05, 4.69) is 58.9 Å². The van der Waals surface area contributed by atoms with Crippen molar-refractivity contribution in [3.8, 4) is 0 Å². The van der Waals surface area contributed by atoms with Crippen molar-refractivity contribution in [1.82, 2.24) is 10.4 Å². The van der Waals surface area contributed by atoms with Gasteiger partial charge in [0.25, 0.3) is 0 Å². The van der Waals surface area contributed by atoms with Gasteiger partial charge in [0.15, 0.2) is 0 Å². The van der Waals surface area contributed by atoms with Gasteiger partial charge in [0.2, 0.25) is 0 Å². The van der Waals surface area contributed by atoms with Gasteiger partial charge in [-0.3, -0.25) is 16.3 Å². The molecule has 0 radical (unpaired) electrons. The molecule has 0 spiro atoms. The second-order valence-corrected chi connectivity index (χ2v) is 5.31. The number of hydrazine groups is 1. The lowest BCUT2D eigenvalue weighted by atomic mass is 9.98. The number of aryl methyl sites for hydroxylation is 1. The van der Waals surface area contributed by atoms with E-state index in [1.807, 2.05) is 19.1 Å². The minimum Gasteiger partial charge on any atom is -0.271 e. The number of pyridine rings is 1. The second-order valence-electron chi connectivity index (χ2n) is 5.31. The SMILES string of the molecule is Cc1ccc2cc(C(Cc3ccccc3)NN)ccc2n1. The van der Waals surface area contributed by atoms with Crippen LogP contribution in [0.2, 0.25) is 0 Å². The van der Waals surface area contributed by atoms with E-state index in [1.165, 1.54) is 11.1 Å². The first-order chi connectivity index (χ1) is 10.3. The van der Waals surface area contributed by atoms with Crippen LogP contribution in [0.3, 0.4) is 0 Å². The Morgan fingerprint density at radius 2 is 1.86 bits per heavy atom. The molecule has 3 nitrogen and oxygen atoms in total. The highest BCUT2D eigenvalue weighted by Gasteiger charge is 2.11. The second kappa shape index (κ2) is 6.04. The molecule has 1 unspecified atom stereocenters. The number of nitrogens with zero attached hydrogens (tertiary/aromatic N) is 1. The number of aromatic nitrogens is 1. The van der Waals surface area contributed by atoms with Crippen LogP contribution in [0.15, 0.2) is 60.7 Å². The van der Waals surface area contributed by atoms with E-state index >= 15 is 0 Å². The molecule has 1 heterocycles. The van der Waals surface area contributed by atoms with Crippen molar-refractivity contribution in [3.63, 3.8) is 0 Å². The molecule has 2 aromatic carbocycles. The Balaban J connectivity index is 1.91. The molecule has 0 fully saturated rings. The molecule has 3 aromatic rings. The Labute approximate surface area is 124 Å². The summed E-state index contributed by atoms with van der Waals surface area (Å²) in [6, 6.07) is 20.9. The molecule has 0 aliphatic carbocycles. The quantitative estimate of drug-likeness (QED) is 0.568. The van der Waals surface area contributed by atoms with E-state index in [0.717, 1.165) is 23.0 Å². The lowest BCUT2D eigenvalue weighted by Crippen LogP contribution is -2.29. The van der Waals surface area contributed by atoms with Gasteiger partial charge in [-0.1, -0.05) is 42.5 Å². The zero-order valence-corrected chi connectivity index (χ0v) is 12.1. The molecular weight excluding hydrogens is 258 g/mol. The van der Waals surface area contributed by atoms with Gasteiger partial charge in [0.05, 0.1) is 11.6 Å². The molecule has 0 bridgehead atoms. The summed E-state index contributed by atoms with van der Waals surface area (Å²) in [6.45, 7) is 2.01. The predicted octanol–water partition coefficient (Wildman–Crippen LogP) is 3.29. The van der Waals surface area contributed by atoms with Crippen LogP contribution in [0.4, 0.5) is 0 Å². The molecule has 0 saturated carbocycles. The normalized spacial score (nSPS) is 12.5. The van der Waals surface area contributed by atoms with Crippen molar-refractivity contribution < 1.29 is 0 Å². The molecule has 1 aromatic heterocycles. The standard InChI is InChI=1S/C18H19N3/c1-13-7-8-15-12-16(9-10-17(15)20-13)18(21-19)11-14-5-3-2-4-6-14/h2-10,12,18,21H,11,19H2,1H3. The average molecular weight is 277 g/mol. The van der Waals surface area contributed by atoms with E-state index in [0.29, 0.717) is 0 Å². The Morgan fingerprint density at radius 3 is 2.62 bits per heavy atom. The molecule has 0 aliphatic rings. The first-order valence-electron chi connectivity index (χ1n) is 7.13. The third-order valence-electron chi connectivity index (χ3n) is 3.74. The molecule has 3 rings (SSSR count). The van der Waals surface area contributed by atoms with Crippen LogP contribution in [0.25, 0.3) is 10.9 Å². The van der Waals surface area contributed by atoms with E-state index in [4.69, 9.17) is 5.84 Å². The summed E-state index contributed by atoms with van der Waals surface area (Å²) in [5, 5.41) is 1.14.